The smallest absolute Gasteiger partial charge is 0.341 e. The molecule has 3 aromatic rings. The molecule has 3 rings (SSSR count). The van der Waals surface area contributed by atoms with Crippen molar-refractivity contribution in [1.29, 1.82) is 0 Å². The molecule has 7 nitrogen and oxygen atoms in total. The van der Waals surface area contributed by atoms with E-state index in [2.05, 4.69) is 10.6 Å². The fourth-order valence-electron chi connectivity index (χ4n) is 3.15. The summed E-state index contributed by atoms with van der Waals surface area (Å²) in [6.07, 6.45) is 0.0825. The summed E-state index contributed by atoms with van der Waals surface area (Å²) in [5, 5.41) is 6.39. The highest BCUT2D eigenvalue weighted by Gasteiger charge is 2.27. The second-order valence-corrected chi connectivity index (χ2v) is 8.44. The highest BCUT2D eigenvalue weighted by atomic mass is 35.5. The molecule has 33 heavy (non-hydrogen) atoms. The maximum atomic E-state index is 13.0. The number of methoxy groups -OCH3 is 1. The number of anilines is 2. The zero-order chi connectivity index (χ0) is 24.0. The van der Waals surface area contributed by atoms with Crippen LogP contribution in [0.15, 0.2) is 48.5 Å². The first-order chi connectivity index (χ1) is 15.8. The van der Waals surface area contributed by atoms with Crippen molar-refractivity contribution >= 4 is 51.4 Å². The van der Waals surface area contributed by atoms with E-state index in [-0.39, 0.29) is 34.4 Å². The van der Waals surface area contributed by atoms with Crippen LogP contribution < -0.4 is 15.4 Å². The van der Waals surface area contributed by atoms with Crippen LogP contribution in [-0.2, 0) is 16.0 Å². The van der Waals surface area contributed by atoms with Crippen molar-refractivity contribution in [3.63, 3.8) is 0 Å². The summed E-state index contributed by atoms with van der Waals surface area (Å²) in [6, 6.07) is 13.9. The van der Waals surface area contributed by atoms with Crippen LogP contribution in [0.4, 0.5) is 10.7 Å². The number of nitrogens with one attached hydrogen (secondary N) is 2. The number of carbonyl (C=O) groups is 3. The Morgan fingerprint density at radius 1 is 1.03 bits per heavy atom. The van der Waals surface area contributed by atoms with E-state index in [0.717, 1.165) is 16.9 Å². The number of amides is 2. The number of ether oxygens (including phenoxy) is 2. The minimum Gasteiger partial charge on any atom is -0.495 e. The van der Waals surface area contributed by atoms with Gasteiger partial charge in [-0.2, -0.15) is 0 Å². The summed E-state index contributed by atoms with van der Waals surface area (Å²) < 4.78 is 10.4. The van der Waals surface area contributed by atoms with Gasteiger partial charge in [0.15, 0.2) is 0 Å². The molecule has 0 saturated carbocycles. The van der Waals surface area contributed by atoms with E-state index in [4.69, 9.17) is 21.1 Å². The fourth-order valence-corrected chi connectivity index (χ4v) is 4.38. The molecule has 0 saturated heterocycles. The molecule has 0 spiro atoms. The van der Waals surface area contributed by atoms with Gasteiger partial charge in [-0.05, 0) is 49.2 Å². The van der Waals surface area contributed by atoms with E-state index in [1.165, 1.54) is 7.11 Å². The molecule has 2 amide bonds. The summed E-state index contributed by atoms with van der Waals surface area (Å²) in [4.78, 5) is 38.6. The Labute approximate surface area is 200 Å². The van der Waals surface area contributed by atoms with Crippen molar-refractivity contribution in [2.24, 2.45) is 0 Å². The number of hydrogen-bond acceptors (Lipinski definition) is 6. The van der Waals surface area contributed by atoms with Crippen molar-refractivity contribution in [3.8, 4) is 5.75 Å². The predicted octanol–water partition coefficient (Wildman–Crippen LogP) is 5.33. The molecule has 0 radical (unpaired) electrons. The van der Waals surface area contributed by atoms with Gasteiger partial charge in [0.1, 0.15) is 10.8 Å². The van der Waals surface area contributed by atoms with E-state index < -0.39 is 11.9 Å². The molecule has 0 aliphatic heterocycles. The average molecular weight is 487 g/mol. The molecular weight excluding hydrogens is 464 g/mol. The zero-order valence-electron chi connectivity index (χ0n) is 18.4. The van der Waals surface area contributed by atoms with Crippen molar-refractivity contribution in [2.45, 2.75) is 20.3 Å². The number of esters is 1. The number of hydrogen-bond donors (Lipinski definition) is 2. The maximum Gasteiger partial charge on any atom is 0.341 e. The van der Waals surface area contributed by atoms with E-state index in [1.807, 2.05) is 0 Å². The van der Waals surface area contributed by atoms with Crippen LogP contribution >= 0.6 is 22.9 Å². The van der Waals surface area contributed by atoms with Gasteiger partial charge in [-0.25, -0.2) is 4.79 Å². The van der Waals surface area contributed by atoms with Crippen molar-refractivity contribution in [3.05, 3.63) is 75.1 Å². The molecule has 0 fully saturated rings. The second kappa shape index (κ2) is 11.0. The number of rotatable bonds is 8. The molecule has 1 heterocycles. The number of halogens is 1. The summed E-state index contributed by atoms with van der Waals surface area (Å²) in [5.74, 6) is -0.863. The summed E-state index contributed by atoms with van der Waals surface area (Å²) >= 11 is 6.91. The van der Waals surface area contributed by atoms with Gasteiger partial charge in [-0.3, -0.25) is 9.59 Å². The Morgan fingerprint density at radius 3 is 2.39 bits per heavy atom. The number of benzene rings is 2. The van der Waals surface area contributed by atoms with Crippen LogP contribution in [-0.4, -0.2) is 31.5 Å². The SMILES string of the molecule is CCOC(=O)c1c(NC(=O)Cc2ccc(Cl)cc2)sc(C(=O)Nc2ccccc2OC)c1C. The molecule has 9 heteroatoms. The quantitative estimate of drug-likeness (QED) is 0.420. The highest BCUT2D eigenvalue weighted by Crippen LogP contribution is 2.35. The average Bonchev–Trinajstić information content (AvgIpc) is 3.11. The molecule has 0 atom stereocenters. The van der Waals surface area contributed by atoms with Crippen molar-refractivity contribution < 1.29 is 23.9 Å². The Balaban J connectivity index is 1.88. The van der Waals surface area contributed by atoms with Gasteiger partial charge >= 0.3 is 5.97 Å². The topological polar surface area (TPSA) is 93.7 Å². The number of carbonyl (C=O) groups excluding carboxylic acids is 3. The number of thiophene rings is 1. The Kier molecular flexibility index (Phi) is 8.08. The van der Waals surface area contributed by atoms with E-state index in [0.29, 0.717) is 22.0 Å². The minimum absolute atomic E-state index is 0.0825. The molecule has 0 aliphatic rings. The Bertz CT molecular complexity index is 1170. The lowest BCUT2D eigenvalue weighted by molar-refractivity contribution is -0.115. The largest absolute Gasteiger partial charge is 0.495 e. The molecule has 172 valence electrons. The monoisotopic (exact) mass is 486 g/mol. The van der Waals surface area contributed by atoms with Gasteiger partial charge in [0.2, 0.25) is 5.91 Å². The van der Waals surface area contributed by atoms with Crippen LogP contribution in [0, 0.1) is 6.92 Å². The standard InChI is InChI=1S/C24H23ClN2O5S/c1-4-32-24(30)20-14(2)21(22(29)26-17-7-5-6-8-18(17)31-3)33-23(20)27-19(28)13-15-9-11-16(25)12-10-15/h5-12H,4,13H2,1-3H3,(H,26,29)(H,27,28). The fraction of sp³-hybridized carbons (Fsp3) is 0.208. The lowest BCUT2D eigenvalue weighted by atomic mass is 10.1. The predicted molar refractivity (Wildman–Crippen MR) is 130 cm³/mol. The van der Waals surface area contributed by atoms with Gasteiger partial charge in [-0.15, -0.1) is 11.3 Å². The molecule has 0 bridgehead atoms. The van der Waals surface area contributed by atoms with Gasteiger partial charge in [-0.1, -0.05) is 35.9 Å². The van der Waals surface area contributed by atoms with Crippen molar-refractivity contribution in [2.75, 3.05) is 24.4 Å². The van der Waals surface area contributed by atoms with Crippen LogP contribution in [0.3, 0.4) is 0 Å². The Morgan fingerprint density at radius 2 is 1.73 bits per heavy atom. The summed E-state index contributed by atoms with van der Waals surface area (Å²) in [6.45, 7) is 3.50. The first-order valence-corrected chi connectivity index (χ1v) is 11.3. The summed E-state index contributed by atoms with van der Waals surface area (Å²) in [7, 11) is 1.51. The summed E-state index contributed by atoms with van der Waals surface area (Å²) in [5.41, 5.74) is 1.84. The van der Waals surface area contributed by atoms with E-state index in [1.54, 1.807) is 62.4 Å². The highest BCUT2D eigenvalue weighted by molar-refractivity contribution is 7.19. The molecule has 2 aromatic carbocycles. The zero-order valence-corrected chi connectivity index (χ0v) is 19.9. The van der Waals surface area contributed by atoms with E-state index >= 15 is 0 Å². The van der Waals surface area contributed by atoms with Gasteiger partial charge < -0.3 is 20.1 Å². The Hall–Kier alpha value is -3.36. The first-order valence-electron chi connectivity index (χ1n) is 10.1. The normalized spacial score (nSPS) is 10.4. The van der Waals surface area contributed by atoms with Gasteiger partial charge in [0, 0.05) is 5.02 Å². The molecule has 0 unspecified atom stereocenters. The molecule has 0 aliphatic carbocycles. The molecule has 1 aromatic heterocycles. The maximum absolute atomic E-state index is 13.0. The lowest BCUT2D eigenvalue weighted by Crippen LogP contribution is -2.16. The third-order valence-electron chi connectivity index (χ3n) is 4.72. The number of para-hydroxylation sites is 2. The van der Waals surface area contributed by atoms with Crippen LogP contribution in [0.5, 0.6) is 5.75 Å². The second-order valence-electron chi connectivity index (χ2n) is 6.99. The van der Waals surface area contributed by atoms with E-state index in [9.17, 15) is 14.4 Å². The lowest BCUT2D eigenvalue weighted by Gasteiger charge is -2.09. The van der Waals surface area contributed by atoms with Crippen molar-refractivity contribution in [1.82, 2.24) is 0 Å². The third kappa shape index (κ3) is 5.91. The first kappa shape index (κ1) is 24.3. The van der Waals surface area contributed by atoms with Crippen LogP contribution in [0.25, 0.3) is 0 Å². The minimum atomic E-state index is -0.607. The van der Waals surface area contributed by atoms with Crippen LogP contribution in [0.1, 0.15) is 38.1 Å². The van der Waals surface area contributed by atoms with Gasteiger partial charge in [0.25, 0.3) is 5.91 Å². The third-order valence-corrected chi connectivity index (χ3v) is 6.18. The van der Waals surface area contributed by atoms with Gasteiger partial charge in [0.05, 0.1) is 36.3 Å². The van der Waals surface area contributed by atoms with Crippen LogP contribution in [0.2, 0.25) is 5.02 Å². The molecular formula is C24H23ClN2O5S. The molecule has 2 N–H and O–H groups in total.